The van der Waals surface area contributed by atoms with Crippen molar-refractivity contribution < 1.29 is 9.90 Å². The fourth-order valence-electron chi connectivity index (χ4n) is 3.28. The molecule has 2 N–H and O–H groups in total. The minimum absolute atomic E-state index is 0.295. The van der Waals surface area contributed by atoms with Crippen LogP contribution in [0.3, 0.4) is 0 Å². The maximum Gasteiger partial charge on any atom is 0.335 e. The lowest BCUT2D eigenvalue weighted by molar-refractivity contribution is -0.139. The zero-order valence-electron chi connectivity index (χ0n) is 16.8. The van der Waals surface area contributed by atoms with Crippen LogP contribution in [-0.2, 0) is 18.3 Å². The molecule has 29 heavy (non-hydrogen) atoms. The van der Waals surface area contributed by atoms with Gasteiger partial charge in [0.15, 0.2) is 0 Å². The van der Waals surface area contributed by atoms with Gasteiger partial charge < -0.3 is 15.3 Å². The van der Waals surface area contributed by atoms with Crippen molar-refractivity contribution in [1.82, 2.24) is 14.5 Å². The van der Waals surface area contributed by atoms with Gasteiger partial charge in [-0.2, -0.15) is 0 Å². The Hall–Kier alpha value is -3.39. The van der Waals surface area contributed by atoms with Gasteiger partial charge in [0.1, 0.15) is 6.04 Å². The number of aromatic nitrogens is 2. The summed E-state index contributed by atoms with van der Waals surface area (Å²) in [5.74, 6) is -0.937. The van der Waals surface area contributed by atoms with E-state index in [1.807, 2.05) is 25.1 Å². The van der Waals surface area contributed by atoms with Crippen molar-refractivity contribution in [2.24, 2.45) is 7.05 Å². The Morgan fingerprint density at radius 1 is 1.14 bits per heavy atom. The molecule has 0 saturated carbocycles. The summed E-state index contributed by atoms with van der Waals surface area (Å²) in [6.45, 7) is 0. The van der Waals surface area contributed by atoms with Crippen LogP contribution in [-0.4, -0.2) is 47.4 Å². The number of carboxylic acid groups (broad SMARTS) is 1. The average molecular weight is 396 g/mol. The van der Waals surface area contributed by atoms with Crippen molar-refractivity contribution >= 4 is 22.6 Å². The third-order valence-electron chi connectivity index (χ3n) is 5.05. The van der Waals surface area contributed by atoms with Gasteiger partial charge in [-0.3, -0.25) is 14.2 Å². The van der Waals surface area contributed by atoms with Gasteiger partial charge in [0.05, 0.1) is 16.6 Å². The summed E-state index contributed by atoms with van der Waals surface area (Å²) in [4.78, 5) is 39.1. The maximum absolute atomic E-state index is 13.1. The summed E-state index contributed by atoms with van der Waals surface area (Å²) >= 11 is 0. The fraction of sp³-hybridized carbons (Fsp3) is 0.286. The standard InChI is InChI=1S/C21H24N4O4/c1-22-17(20(27)28)11-13-5-7-14(8-6-13)25-19(26)16-12-15(23(2)3)9-10-18(16)24(4)21(25)29/h5-10,12,17,22H,11H2,1-4H3,(H,27,28). The summed E-state index contributed by atoms with van der Waals surface area (Å²) in [5.41, 5.74) is 1.83. The van der Waals surface area contributed by atoms with E-state index >= 15 is 0 Å². The van der Waals surface area contributed by atoms with Gasteiger partial charge >= 0.3 is 11.7 Å². The molecule has 1 heterocycles. The maximum atomic E-state index is 13.1. The van der Waals surface area contributed by atoms with Crippen molar-refractivity contribution in [2.75, 3.05) is 26.0 Å². The number of likely N-dealkylation sites (N-methyl/N-ethyl adjacent to an activating group) is 1. The average Bonchev–Trinajstić information content (AvgIpc) is 2.70. The first kappa shape index (κ1) is 20.3. The minimum atomic E-state index is -0.937. The van der Waals surface area contributed by atoms with Gasteiger partial charge in [0, 0.05) is 26.8 Å². The number of aryl methyl sites for hydroxylation is 1. The number of nitrogens with zero attached hydrogens (tertiary/aromatic N) is 3. The number of hydrogen-bond acceptors (Lipinski definition) is 5. The van der Waals surface area contributed by atoms with Crippen LogP contribution in [0.25, 0.3) is 16.6 Å². The van der Waals surface area contributed by atoms with E-state index in [0.29, 0.717) is 23.0 Å². The smallest absolute Gasteiger partial charge is 0.335 e. The molecule has 0 bridgehead atoms. The van der Waals surface area contributed by atoms with Gasteiger partial charge in [-0.25, -0.2) is 9.36 Å². The van der Waals surface area contributed by atoms with E-state index in [2.05, 4.69) is 5.32 Å². The molecule has 8 nitrogen and oxygen atoms in total. The lowest BCUT2D eigenvalue weighted by Crippen LogP contribution is -2.38. The van der Waals surface area contributed by atoms with E-state index in [1.54, 1.807) is 50.5 Å². The predicted octanol–water partition coefficient (Wildman–Crippen LogP) is 0.971. The molecule has 0 amide bonds. The molecule has 8 heteroatoms. The number of nitrogens with one attached hydrogen (secondary N) is 1. The molecule has 0 saturated heterocycles. The number of carbonyl (C=O) groups is 1. The molecule has 1 atom stereocenters. The number of carboxylic acids is 1. The van der Waals surface area contributed by atoms with E-state index in [1.165, 1.54) is 4.57 Å². The second kappa shape index (κ2) is 7.92. The second-order valence-corrected chi connectivity index (χ2v) is 7.13. The van der Waals surface area contributed by atoms with Crippen molar-refractivity contribution in [2.45, 2.75) is 12.5 Å². The van der Waals surface area contributed by atoms with Gasteiger partial charge in [-0.15, -0.1) is 0 Å². The highest BCUT2D eigenvalue weighted by molar-refractivity contribution is 5.82. The first-order valence-electron chi connectivity index (χ1n) is 9.17. The largest absolute Gasteiger partial charge is 0.480 e. The van der Waals surface area contributed by atoms with Crippen LogP contribution in [0.2, 0.25) is 0 Å². The Kier molecular flexibility index (Phi) is 5.56. The zero-order valence-corrected chi connectivity index (χ0v) is 16.8. The van der Waals surface area contributed by atoms with Crippen molar-refractivity contribution in [3.8, 4) is 5.69 Å². The Morgan fingerprint density at radius 3 is 2.34 bits per heavy atom. The fourth-order valence-corrected chi connectivity index (χ4v) is 3.28. The van der Waals surface area contributed by atoms with E-state index in [9.17, 15) is 19.5 Å². The van der Waals surface area contributed by atoms with E-state index in [4.69, 9.17) is 0 Å². The molecule has 0 radical (unpaired) electrons. The number of anilines is 1. The molecule has 152 valence electrons. The predicted molar refractivity (Wildman–Crippen MR) is 113 cm³/mol. The van der Waals surface area contributed by atoms with Crippen molar-refractivity contribution in [3.63, 3.8) is 0 Å². The summed E-state index contributed by atoms with van der Waals surface area (Å²) in [6.07, 6.45) is 0.295. The van der Waals surface area contributed by atoms with Crippen LogP contribution in [0.15, 0.2) is 52.1 Å². The van der Waals surface area contributed by atoms with Crippen molar-refractivity contribution in [1.29, 1.82) is 0 Å². The Bertz CT molecular complexity index is 1180. The SMILES string of the molecule is CNC(Cc1ccc(-n2c(=O)c3cc(N(C)C)ccc3n(C)c2=O)cc1)C(=O)O. The zero-order chi connectivity index (χ0) is 21.3. The molecule has 2 aromatic carbocycles. The van der Waals surface area contributed by atoms with E-state index < -0.39 is 23.3 Å². The van der Waals surface area contributed by atoms with Gasteiger partial charge in [-0.05, 0) is 49.4 Å². The molecule has 1 unspecified atom stereocenters. The monoisotopic (exact) mass is 396 g/mol. The third-order valence-corrected chi connectivity index (χ3v) is 5.05. The lowest BCUT2D eigenvalue weighted by Gasteiger charge is -2.16. The highest BCUT2D eigenvalue weighted by Gasteiger charge is 2.16. The Labute approximate surface area is 167 Å². The molecule has 3 rings (SSSR count). The highest BCUT2D eigenvalue weighted by Crippen LogP contribution is 2.18. The highest BCUT2D eigenvalue weighted by atomic mass is 16.4. The molecule has 0 fully saturated rings. The number of rotatable bonds is 6. The molecule has 3 aromatic rings. The topological polar surface area (TPSA) is 96.6 Å². The summed E-state index contributed by atoms with van der Waals surface area (Å²) in [7, 11) is 6.99. The number of hydrogen-bond donors (Lipinski definition) is 2. The Morgan fingerprint density at radius 2 is 1.79 bits per heavy atom. The number of aliphatic carboxylic acids is 1. The lowest BCUT2D eigenvalue weighted by atomic mass is 10.1. The molecule has 0 aliphatic carbocycles. The second-order valence-electron chi connectivity index (χ2n) is 7.13. The molecular formula is C21H24N4O4. The van der Waals surface area contributed by atoms with E-state index in [-0.39, 0.29) is 0 Å². The third kappa shape index (κ3) is 3.79. The molecule has 0 spiro atoms. The molecule has 0 aliphatic heterocycles. The number of benzene rings is 2. The quantitative estimate of drug-likeness (QED) is 0.645. The van der Waals surface area contributed by atoms with Crippen LogP contribution < -0.4 is 21.5 Å². The van der Waals surface area contributed by atoms with Crippen LogP contribution >= 0.6 is 0 Å². The van der Waals surface area contributed by atoms with Crippen molar-refractivity contribution in [3.05, 3.63) is 68.9 Å². The molecule has 1 aromatic heterocycles. The first-order valence-corrected chi connectivity index (χ1v) is 9.17. The van der Waals surface area contributed by atoms with Gasteiger partial charge in [-0.1, -0.05) is 12.1 Å². The Balaban J connectivity index is 2.11. The van der Waals surface area contributed by atoms with Gasteiger partial charge in [0.25, 0.3) is 5.56 Å². The summed E-state index contributed by atoms with van der Waals surface area (Å²) in [6, 6.07) is 11.5. The van der Waals surface area contributed by atoms with Crippen LogP contribution in [0.5, 0.6) is 0 Å². The molecule has 0 aliphatic rings. The van der Waals surface area contributed by atoms with Crippen LogP contribution in [0.1, 0.15) is 5.56 Å². The van der Waals surface area contributed by atoms with Gasteiger partial charge in [0.2, 0.25) is 0 Å². The normalized spacial score (nSPS) is 12.1. The summed E-state index contributed by atoms with van der Waals surface area (Å²) < 4.78 is 2.59. The van der Waals surface area contributed by atoms with Crippen LogP contribution in [0, 0.1) is 0 Å². The minimum Gasteiger partial charge on any atom is -0.480 e. The van der Waals surface area contributed by atoms with Crippen LogP contribution in [0.4, 0.5) is 5.69 Å². The first-order chi connectivity index (χ1) is 13.7. The van der Waals surface area contributed by atoms with E-state index in [0.717, 1.165) is 15.8 Å². The summed E-state index contributed by atoms with van der Waals surface area (Å²) in [5, 5.41) is 12.4. The number of fused-ring (bicyclic) bond motifs is 1. The molecular weight excluding hydrogens is 372 g/mol.